The van der Waals surface area contributed by atoms with Gasteiger partial charge in [-0.2, -0.15) is 0 Å². The van der Waals surface area contributed by atoms with E-state index in [0.717, 1.165) is 17.2 Å². The van der Waals surface area contributed by atoms with Crippen molar-refractivity contribution in [2.75, 3.05) is 11.0 Å². The van der Waals surface area contributed by atoms with Crippen molar-refractivity contribution >= 4 is 26.7 Å². The maximum atomic E-state index is 11.0. The van der Waals surface area contributed by atoms with Crippen molar-refractivity contribution in [3.05, 3.63) is 24.3 Å². The molecule has 3 N–H and O–H groups in total. The second kappa shape index (κ2) is 3.16. The zero-order valence-corrected chi connectivity index (χ0v) is 8.80. The quantitative estimate of drug-likeness (QED) is 0.720. The summed E-state index contributed by atoms with van der Waals surface area (Å²) >= 11 is 0. The van der Waals surface area contributed by atoms with Crippen LogP contribution < -0.4 is 4.72 Å². The Bertz CT molecular complexity index is 601. The minimum absolute atomic E-state index is 0.146. The smallest absolute Gasteiger partial charge is 0.230 e. The van der Waals surface area contributed by atoms with Crippen molar-refractivity contribution < 1.29 is 13.5 Å². The van der Waals surface area contributed by atoms with Crippen LogP contribution in [0.4, 0.5) is 5.82 Å². The molecule has 0 saturated carbocycles. The number of rotatable bonds is 2. The monoisotopic (exact) mass is 226 g/mol. The van der Waals surface area contributed by atoms with E-state index < -0.39 is 10.0 Å². The van der Waals surface area contributed by atoms with E-state index in [1.807, 2.05) is 0 Å². The Labute approximate surface area is 86.8 Å². The summed E-state index contributed by atoms with van der Waals surface area (Å²) in [6, 6.07) is 6.39. The van der Waals surface area contributed by atoms with Gasteiger partial charge in [-0.3, -0.25) is 4.72 Å². The van der Waals surface area contributed by atoms with Crippen LogP contribution in [0.25, 0.3) is 10.9 Å². The summed E-state index contributed by atoms with van der Waals surface area (Å²) in [5, 5.41) is 9.97. The number of aromatic hydroxyl groups is 1. The number of phenolic OH excluding ortho intramolecular Hbond substituents is 1. The van der Waals surface area contributed by atoms with E-state index in [1.165, 1.54) is 6.07 Å². The molecule has 6 heteroatoms. The van der Waals surface area contributed by atoms with Gasteiger partial charge >= 0.3 is 0 Å². The highest BCUT2D eigenvalue weighted by atomic mass is 32.2. The molecule has 5 nitrogen and oxygen atoms in total. The third-order valence-corrected chi connectivity index (χ3v) is 2.49. The van der Waals surface area contributed by atoms with E-state index in [1.54, 1.807) is 18.2 Å². The molecule has 1 aromatic carbocycles. The third-order valence-electron chi connectivity index (χ3n) is 1.90. The molecule has 2 rings (SSSR count). The number of nitrogens with one attached hydrogen (secondary N) is 2. The van der Waals surface area contributed by atoms with Crippen LogP contribution in [-0.4, -0.2) is 24.8 Å². The first-order chi connectivity index (χ1) is 6.94. The van der Waals surface area contributed by atoms with Gasteiger partial charge in [0.2, 0.25) is 10.0 Å². The highest BCUT2D eigenvalue weighted by molar-refractivity contribution is 7.92. The summed E-state index contributed by atoms with van der Waals surface area (Å²) in [5.74, 6) is 0.533. The Hall–Kier alpha value is -1.69. The lowest BCUT2D eigenvalue weighted by atomic mass is 10.2. The summed E-state index contributed by atoms with van der Waals surface area (Å²) in [7, 11) is -3.28. The van der Waals surface area contributed by atoms with Crippen LogP contribution in [0.1, 0.15) is 0 Å². The Balaban J connectivity index is 2.48. The molecule has 0 bridgehead atoms. The molecule has 0 unspecified atom stereocenters. The number of aromatic amines is 1. The van der Waals surface area contributed by atoms with Crippen LogP contribution in [-0.2, 0) is 10.0 Å². The highest BCUT2D eigenvalue weighted by Crippen LogP contribution is 2.23. The number of phenols is 1. The average Bonchev–Trinajstić information content (AvgIpc) is 2.42. The number of fused-ring (bicyclic) bond motifs is 1. The highest BCUT2D eigenvalue weighted by Gasteiger charge is 2.05. The molecule has 0 amide bonds. The van der Waals surface area contributed by atoms with E-state index in [0.29, 0.717) is 5.82 Å². The average molecular weight is 226 g/mol. The fourth-order valence-corrected chi connectivity index (χ4v) is 1.88. The van der Waals surface area contributed by atoms with Gasteiger partial charge in [-0.15, -0.1) is 0 Å². The van der Waals surface area contributed by atoms with Crippen molar-refractivity contribution in [1.82, 2.24) is 4.98 Å². The molecule has 0 fully saturated rings. The van der Waals surface area contributed by atoms with Gasteiger partial charge in [-0.1, -0.05) is 0 Å². The number of anilines is 1. The summed E-state index contributed by atoms with van der Waals surface area (Å²) in [6.45, 7) is 0. The second-order valence-corrected chi connectivity index (χ2v) is 5.08. The maximum absolute atomic E-state index is 11.0. The Morgan fingerprint density at radius 3 is 2.73 bits per heavy atom. The van der Waals surface area contributed by atoms with Crippen molar-refractivity contribution in [3.63, 3.8) is 0 Å². The summed E-state index contributed by atoms with van der Waals surface area (Å²) in [5.41, 5.74) is 0.763. The molecule has 0 aliphatic carbocycles. The number of hydrogen-bond donors (Lipinski definition) is 3. The van der Waals surface area contributed by atoms with Crippen LogP contribution in [0, 0.1) is 0 Å². The minimum Gasteiger partial charge on any atom is -0.508 e. The maximum Gasteiger partial charge on any atom is 0.230 e. The Kier molecular flexibility index (Phi) is 2.08. The molecule has 0 aliphatic rings. The van der Waals surface area contributed by atoms with Crippen molar-refractivity contribution in [2.24, 2.45) is 0 Å². The molecule has 2 aromatic rings. The molecule has 0 radical (unpaired) electrons. The topological polar surface area (TPSA) is 82.2 Å². The minimum atomic E-state index is -3.28. The summed E-state index contributed by atoms with van der Waals surface area (Å²) in [6.07, 6.45) is 1.08. The van der Waals surface area contributed by atoms with Gasteiger partial charge in [-0.05, 0) is 24.3 Å². The van der Waals surface area contributed by atoms with Gasteiger partial charge in [0.1, 0.15) is 11.6 Å². The van der Waals surface area contributed by atoms with E-state index in [9.17, 15) is 13.5 Å². The van der Waals surface area contributed by atoms with Crippen molar-refractivity contribution in [3.8, 4) is 5.75 Å². The lowest BCUT2D eigenvalue weighted by Crippen LogP contribution is -2.09. The second-order valence-electron chi connectivity index (χ2n) is 3.33. The first kappa shape index (κ1) is 9.85. The number of hydrogen-bond acceptors (Lipinski definition) is 3. The van der Waals surface area contributed by atoms with Gasteiger partial charge in [0.25, 0.3) is 0 Å². The normalized spacial score (nSPS) is 11.8. The van der Waals surface area contributed by atoms with Crippen molar-refractivity contribution in [1.29, 1.82) is 0 Å². The Morgan fingerprint density at radius 1 is 1.33 bits per heavy atom. The van der Waals surface area contributed by atoms with Gasteiger partial charge in [-0.25, -0.2) is 8.42 Å². The van der Waals surface area contributed by atoms with E-state index in [-0.39, 0.29) is 5.75 Å². The molecule has 0 saturated heterocycles. The number of benzene rings is 1. The van der Waals surface area contributed by atoms with Crippen LogP contribution in [0.15, 0.2) is 24.3 Å². The molecule has 0 atom stereocenters. The molecule has 1 heterocycles. The first-order valence-corrected chi connectivity index (χ1v) is 6.13. The van der Waals surface area contributed by atoms with Gasteiger partial charge in [0, 0.05) is 10.9 Å². The molecular weight excluding hydrogens is 216 g/mol. The van der Waals surface area contributed by atoms with E-state index in [4.69, 9.17) is 0 Å². The lowest BCUT2D eigenvalue weighted by molar-refractivity contribution is 0.476. The van der Waals surface area contributed by atoms with Crippen LogP contribution in [0.5, 0.6) is 5.75 Å². The van der Waals surface area contributed by atoms with E-state index in [2.05, 4.69) is 9.71 Å². The molecule has 15 heavy (non-hydrogen) atoms. The zero-order chi connectivity index (χ0) is 11.1. The zero-order valence-electron chi connectivity index (χ0n) is 7.98. The van der Waals surface area contributed by atoms with Gasteiger partial charge in [0.05, 0.1) is 6.26 Å². The lowest BCUT2D eigenvalue weighted by Gasteiger charge is -1.97. The summed E-state index contributed by atoms with van der Waals surface area (Å²) in [4.78, 5) is 2.88. The van der Waals surface area contributed by atoms with Gasteiger partial charge in [0.15, 0.2) is 0 Å². The number of H-pyrrole nitrogens is 1. The van der Waals surface area contributed by atoms with Crippen LogP contribution >= 0.6 is 0 Å². The molecule has 1 aromatic heterocycles. The SMILES string of the molecule is CS(=O)(=O)Nc1cc2cc(O)ccc2[nH]1. The summed E-state index contributed by atoms with van der Waals surface area (Å²) < 4.78 is 24.3. The predicted octanol–water partition coefficient (Wildman–Crippen LogP) is 1.24. The Morgan fingerprint density at radius 2 is 2.07 bits per heavy atom. The largest absolute Gasteiger partial charge is 0.508 e. The fraction of sp³-hybridized carbons (Fsp3) is 0.111. The van der Waals surface area contributed by atoms with Crippen molar-refractivity contribution in [2.45, 2.75) is 0 Å². The first-order valence-electron chi connectivity index (χ1n) is 4.23. The molecular formula is C9H10N2O3S. The predicted molar refractivity (Wildman–Crippen MR) is 58.4 cm³/mol. The van der Waals surface area contributed by atoms with Gasteiger partial charge < -0.3 is 10.1 Å². The van der Waals surface area contributed by atoms with Crippen LogP contribution in [0.3, 0.4) is 0 Å². The number of aromatic nitrogens is 1. The molecule has 80 valence electrons. The standard InChI is InChI=1S/C9H10N2O3S/c1-15(13,14)11-9-5-6-4-7(12)2-3-8(6)10-9/h2-5,10-12H,1H3. The van der Waals surface area contributed by atoms with E-state index >= 15 is 0 Å². The molecule has 0 spiro atoms. The third kappa shape index (κ3) is 2.21. The molecule has 0 aliphatic heterocycles. The fourth-order valence-electron chi connectivity index (χ4n) is 1.37. The number of sulfonamides is 1. The van der Waals surface area contributed by atoms with Crippen LogP contribution in [0.2, 0.25) is 0 Å².